The van der Waals surface area contributed by atoms with E-state index in [9.17, 15) is 10.1 Å². The van der Waals surface area contributed by atoms with E-state index in [-0.39, 0.29) is 11.6 Å². The summed E-state index contributed by atoms with van der Waals surface area (Å²) in [6.07, 6.45) is 1.41. The number of hydrazone groups is 1. The van der Waals surface area contributed by atoms with E-state index in [0.29, 0.717) is 5.56 Å². The largest absolute Gasteiger partial charge is 0.325 e. The SMILES string of the molecule is N=C(NN=Cc1cccc([N+](=O)[O-])c1)Nc1ccccc1. The smallest absolute Gasteiger partial charge is 0.270 e. The second-order valence-corrected chi connectivity index (χ2v) is 4.09. The first-order valence-electron chi connectivity index (χ1n) is 6.09. The molecule has 0 spiro atoms. The number of nitrogens with one attached hydrogen (secondary N) is 3. The van der Waals surface area contributed by atoms with Crippen LogP contribution in [0.2, 0.25) is 0 Å². The van der Waals surface area contributed by atoms with Gasteiger partial charge in [0, 0.05) is 23.4 Å². The lowest BCUT2D eigenvalue weighted by atomic mass is 10.2. The molecule has 7 heteroatoms. The van der Waals surface area contributed by atoms with Gasteiger partial charge in [0.1, 0.15) is 0 Å². The van der Waals surface area contributed by atoms with Crippen LogP contribution in [0.5, 0.6) is 0 Å². The summed E-state index contributed by atoms with van der Waals surface area (Å²) in [4.78, 5) is 10.2. The Morgan fingerprint density at radius 3 is 2.67 bits per heavy atom. The number of benzene rings is 2. The van der Waals surface area contributed by atoms with E-state index < -0.39 is 4.92 Å². The summed E-state index contributed by atoms with van der Waals surface area (Å²) in [7, 11) is 0. The highest BCUT2D eigenvalue weighted by Crippen LogP contribution is 2.11. The summed E-state index contributed by atoms with van der Waals surface area (Å²) in [5.41, 5.74) is 3.83. The minimum absolute atomic E-state index is 0.00267. The van der Waals surface area contributed by atoms with Gasteiger partial charge in [-0.15, -0.1) is 0 Å². The van der Waals surface area contributed by atoms with Crippen molar-refractivity contribution in [3.63, 3.8) is 0 Å². The topological polar surface area (TPSA) is 103 Å². The molecule has 0 aliphatic rings. The zero-order chi connectivity index (χ0) is 15.1. The molecule has 0 aliphatic carbocycles. The van der Waals surface area contributed by atoms with Crippen LogP contribution in [0.15, 0.2) is 59.7 Å². The second-order valence-electron chi connectivity index (χ2n) is 4.09. The summed E-state index contributed by atoms with van der Waals surface area (Å²) in [5.74, 6) is 0.00267. The number of anilines is 1. The molecule has 2 rings (SSSR count). The number of hydrogen-bond donors (Lipinski definition) is 3. The zero-order valence-electron chi connectivity index (χ0n) is 11.0. The van der Waals surface area contributed by atoms with Crippen LogP contribution < -0.4 is 10.7 Å². The van der Waals surface area contributed by atoms with Crippen molar-refractivity contribution in [3.8, 4) is 0 Å². The molecule has 0 radical (unpaired) electrons. The predicted octanol–water partition coefficient (Wildman–Crippen LogP) is 2.57. The Morgan fingerprint density at radius 2 is 1.95 bits per heavy atom. The molecule has 0 fully saturated rings. The van der Waals surface area contributed by atoms with Crippen molar-refractivity contribution in [2.75, 3.05) is 5.32 Å². The Labute approximate surface area is 121 Å². The molecular formula is C14H13N5O2. The standard InChI is InChI=1S/C14H13N5O2/c15-14(17-12-6-2-1-3-7-12)18-16-10-11-5-4-8-13(9-11)19(20)21/h1-10H,(H3,15,17,18). The maximum absolute atomic E-state index is 10.6. The second kappa shape index (κ2) is 6.80. The van der Waals surface area contributed by atoms with Crippen LogP contribution in [0.1, 0.15) is 5.56 Å². The number of nitro benzene ring substituents is 1. The molecule has 0 unspecified atom stereocenters. The number of hydrogen-bond acceptors (Lipinski definition) is 4. The summed E-state index contributed by atoms with van der Waals surface area (Å²) in [6.45, 7) is 0. The zero-order valence-corrected chi connectivity index (χ0v) is 11.0. The number of nitro groups is 1. The van der Waals surface area contributed by atoms with Crippen molar-refractivity contribution in [3.05, 3.63) is 70.3 Å². The van der Waals surface area contributed by atoms with Gasteiger partial charge in [0.2, 0.25) is 5.96 Å². The number of nitrogens with zero attached hydrogens (tertiary/aromatic N) is 2. The van der Waals surface area contributed by atoms with Gasteiger partial charge in [-0.05, 0) is 12.1 Å². The quantitative estimate of drug-likeness (QED) is 0.347. The van der Waals surface area contributed by atoms with Crippen LogP contribution in [-0.2, 0) is 0 Å². The maximum Gasteiger partial charge on any atom is 0.270 e. The van der Waals surface area contributed by atoms with Gasteiger partial charge < -0.3 is 5.32 Å². The molecule has 7 nitrogen and oxygen atoms in total. The molecule has 0 saturated heterocycles. The monoisotopic (exact) mass is 283 g/mol. The van der Waals surface area contributed by atoms with Gasteiger partial charge in [-0.1, -0.05) is 30.3 Å². The molecule has 3 N–H and O–H groups in total. The van der Waals surface area contributed by atoms with E-state index in [2.05, 4.69) is 15.8 Å². The number of para-hydroxylation sites is 1. The van der Waals surface area contributed by atoms with Gasteiger partial charge in [0.25, 0.3) is 5.69 Å². The Balaban J connectivity index is 1.91. The van der Waals surface area contributed by atoms with E-state index in [0.717, 1.165) is 5.69 Å². The summed E-state index contributed by atoms with van der Waals surface area (Å²) in [5, 5.41) is 25.0. The lowest BCUT2D eigenvalue weighted by molar-refractivity contribution is -0.384. The molecule has 2 aromatic rings. The lowest BCUT2D eigenvalue weighted by Crippen LogP contribution is -2.25. The third-order valence-corrected chi connectivity index (χ3v) is 2.51. The molecule has 0 bridgehead atoms. The van der Waals surface area contributed by atoms with Gasteiger partial charge in [-0.3, -0.25) is 15.5 Å². The van der Waals surface area contributed by atoms with Gasteiger partial charge in [0.05, 0.1) is 11.1 Å². The van der Waals surface area contributed by atoms with Gasteiger partial charge in [-0.2, -0.15) is 5.10 Å². The van der Waals surface area contributed by atoms with Crippen molar-refractivity contribution < 1.29 is 4.92 Å². The van der Waals surface area contributed by atoms with Gasteiger partial charge in [-0.25, -0.2) is 5.43 Å². The highest BCUT2D eigenvalue weighted by Gasteiger charge is 2.03. The first-order chi connectivity index (χ1) is 10.1. The van der Waals surface area contributed by atoms with Crippen molar-refractivity contribution in [2.24, 2.45) is 5.10 Å². The number of guanidine groups is 1. The molecule has 0 saturated carbocycles. The van der Waals surface area contributed by atoms with Gasteiger partial charge in [0.15, 0.2) is 0 Å². The molecule has 0 aromatic heterocycles. The van der Waals surface area contributed by atoms with Crippen LogP contribution in [0.4, 0.5) is 11.4 Å². The highest BCUT2D eigenvalue weighted by molar-refractivity contribution is 5.92. The molecule has 0 amide bonds. The summed E-state index contributed by atoms with van der Waals surface area (Å²) in [6, 6.07) is 15.3. The average Bonchev–Trinajstić information content (AvgIpc) is 2.48. The van der Waals surface area contributed by atoms with E-state index in [1.165, 1.54) is 18.3 Å². The molecule has 21 heavy (non-hydrogen) atoms. The molecule has 0 aliphatic heterocycles. The fraction of sp³-hybridized carbons (Fsp3) is 0. The third kappa shape index (κ3) is 4.43. The molecular weight excluding hydrogens is 270 g/mol. The first kappa shape index (κ1) is 14.2. The minimum atomic E-state index is -0.468. The maximum atomic E-state index is 10.6. The van der Waals surface area contributed by atoms with Crippen LogP contribution in [-0.4, -0.2) is 17.1 Å². The minimum Gasteiger partial charge on any atom is -0.325 e. The first-order valence-corrected chi connectivity index (χ1v) is 6.09. The van der Waals surface area contributed by atoms with Crippen LogP contribution in [0, 0.1) is 15.5 Å². The number of rotatable bonds is 4. The Kier molecular flexibility index (Phi) is 4.60. The molecule has 2 aromatic carbocycles. The Bertz CT molecular complexity index is 670. The fourth-order valence-electron chi connectivity index (χ4n) is 1.58. The Morgan fingerprint density at radius 1 is 1.19 bits per heavy atom. The summed E-state index contributed by atoms with van der Waals surface area (Å²) < 4.78 is 0. The van der Waals surface area contributed by atoms with Crippen molar-refractivity contribution >= 4 is 23.5 Å². The molecule has 0 atom stereocenters. The van der Waals surface area contributed by atoms with Crippen LogP contribution >= 0.6 is 0 Å². The average molecular weight is 283 g/mol. The van der Waals surface area contributed by atoms with Gasteiger partial charge >= 0.3 is 0 Å². The molecule has 106 valence electrons. The van der Waals surface area contributed by atoms with Crippen molar-refractivity contribution in [1.29, 1.82) is 5.41 Å². The van der Waals surface area contributed by atoms with Crippen LogP contribution in [0.25, 0.3) is 0 Å². The lowest BCUT2D eigenvalue weighted by Gasteiger charge is -2.05. The normalized spacial score (nSPS) is 10.3. The van der Waals surface area contributed by atoms with E-state index in [4.69, 9.17) is 5.41 Å². The Hall–Kier alpha value is -3.22. The van der Waals surface area contributed by atoms with E-state index in [1.54, 1.807) is 12.1 Å². The molecule has 0 heterocycles. The fourth-order valence-corrected chi connectivity index (χ4v) is 1.58. The summed E-state index contributed by atoms with van der Waals surface area (Å²) >= 11 is 0. The predicted molar refractivity (Wildman–Crippen MR) is 81.6 cm³/mol. The van der Waals surface area contributed by atoms with Crippen molar-refractivity contribution in [1.82, 2.24) is 5.43 Å². The van der Waals surface area contributed by atoms with Crippen molar-refractivity contribution in [2.45, 2.75) is 0 Å². The number of non-ortho nitro benzene ring substituents is 1. The third-order valence-electron chi connectivity index (χ3n) is 2.51. The van der Waals surface area contributed by atoms with E-state index >= 15 is 0 Å². The van der Waals surface area contributed by atoms with Crippen LogP contribution in [0.3, 0.4) is 0 Å². The van der Waals surface area contributed by atoms with E-state index in [1.807, 2.05) is 30.3 Å². The highest BCUT2D eigenvalue weighted by atomic mass is 16.6.